The van der Waals surface area contributed by atoms with Crippen molar-refractivity contribution in [2.45, 2.75) is 13.0 Å². The molecular weight excluding hydrogens is 210 g/mol. The van der Waals surface area contributed by atoms with Gasteiger partial charge in [0.2, 0.25) is 0 Å². The lowest BCUT2D eigenvalue weighted by Crippen LogP contribution is -2.33. The Labute approximate surface area is 93.0 Å². The zero-order valence-electron chi connectivity index (χ0n) is 8.58. The number of rotatable bonds is 3. The van der Waals surface area contributed by atoms with E-state index in [1.807, 2.05) is 0 Å². The molecule has 2 N–H and O–H groups in total. The van der Waals surface area contributed by atoms with Crippen molar-refractivity contribution in [1.29, 1.82) is 0 Å². The number of nitrogens with zero attached hydrogens (tertiary/aromatic N) is 1. The molecule has 1 aromatic heterocycles. The summed E-state index contributed by atoms with van der Waals surface area (Å²) in [5.74, 6) is 0.684. The normalized spacial score (nSPS) is 20.8. The van der Waals surface area contributed by atoms with Gasteiger partial charge in [0.1, 0.15) is 0 Å². The first kappa shape index (κ1) is 9.57. The number of fused-ring (bicyclic) bond motifs is 1. The van der Waals surface area contributed by atoms with Gasteiger partial charge in [0.05, 0.1) is 18.9 Å². The van der Waals surface area contributed by atoms with Gasteiger partial charge in [-0.25, -0.2) is 4.98 Å². The Hall–Kier alpha value is -0.650. The highest BCUT2D eigenvalue weighted by atomic mass is 32.1. The van der Waals surface area contributed by atoms with Gasteiger partial charge in [-0.2, -0.15) is 0 Å². The number of thiazole rings is 1. The zero-order valence-corrected chi connectivity index (χ0v) is 9.40. The van der Waals surface area contributed by atoms with Crippen LogP contribution in [0, 0.1) is 5.92 Å². The topological polar surface area (TPSA) is 46.2 Å². The van der Waals surface area contributed by atoms with E-state index in [2.05, 4.69) is 15.6 Å². The van der Waals surface area contributed by atoms with Gasteiger partial charge >= 0.3 is 0 Å². The van der Waals surface area contributed by atoms with Crippen LogP contribution >= 0.6 is 11.3 Å². The van der Waals surface area contributed by atoms with Crippen LogP contribution in [0.25, 0.3) is 0 Å². The van der Waals surface area contributed by atoms with Crippen molar-refractivity contribution in [2.75, 3.05) is 31.6 Å². The van der Waals surface area contributed by atoms with Crippen molar-refractivity contribution in [2.24, 2.45) is 5.92 Å². The summed E-state index contributed by atoms with van der Waals surface area (Å²) in [6, 6.07) is 0. The van der Waals surface area contributed by atoms with Crippen LogP contribution in [0.5, 0.6) is 0 Å². The van der Waals surface area contributed by atoms with Crippen LogP contribution in [0.3, 0.4) is 0 Å². The Bertz CT molecular complexity index is 325. The van der Waals surface area contributed by atoms with Gasteiger partial charge in [-0.15, -0.1) is 11.3 Å². The predicted octanol–water partition coefficient (Wildman–Crippen LogP) is 0.847. The number of ether oxygens (including phenoxy) is 1. The fourth-order valence-electron chi connectivity index (χ4n) is 1.84. The number of hydrogen-bond donors (Lipinski definition) is 2. The monoisotopic (exact) mass is 225 g/mol. The van der Waals surface area contributed by atoms with E-state index in [-0.39, 0.29) is 0 Å². The molecule has 5 heteroatoms. The fraction of sp³-hybridized carbons (Fsp3) is 0.700. The van der Waals surface area contributed by atoms with Crippen molar-refractivity contribution >= 4 is 16.5 Å². The summed E-state index contributed by atoms with van der Waals surface area (Å²) in [5.41, 5.74) is 1.28. The molecule has 1 aromatic rings. The maximum Gasteiger partial charge on any atom is 0.183 e. The molecule has 0 aromatic carbocycles. The molecule has 0 spiro atoms. The zero-order chi connectivity index (χ0) is 10.1. The van der Waals surface area contributed by atoms with Gasteiger partial charge in [-0.3, -0.25) is 0 Å². The van der Waals surface area contributed by atoms with Gasteiger partial charge in [-0.05, 0) is 0 Å². The molecule has 2 aliphatic heterocycles. The van der Waals surface area contributed by atoms with Crippen molar-refractivity contribution in [3.63, 3.8) is 0 Å². The van der Waals surface area contributed by atoms with Crippen LogP contribution in [-0.2, 0) is 17.7 Å². The standard InChI is InChI=1S/C10H15N3OS/c1-2-11-4-9-8(1)13-10(15-9)12-3-7-5-14-6-7/h7,11H,1-6H2,(H,12,13). The number of anilines is 1. The second kappa shape index (κ2) is 4.08. The average Bonchev–Trinajstić information content (AvgIpc) is 2.57. The van der Waals surface area contributed by atoms with Crippen LogP contribution in [0.15, 0.2) is 0 Å². The van der Waals surface area contributed by atoms with Gasteiger partial charge < -0.3 is 15.4 Å². The highest BCUT2D eigenvalue weighted by Crippen LogP contribution is 2.25. The summed E-state index contributed by atoms with van der Waals surface area (Å²) in [4.78, 5) is 6.00. The SMILES string of the molecule is C1Cc2nc(NCC3COC3)sc2CN1. The summed E-state index contributed by atoms with van der Waals surface area (Å²) >= 11 is 1.79. The fourth-order valence-corrected chi connectivity index (χ4v) is 2.82. The molecule has 0 radical (unpaired) electrons. The molecule has 1 saturated heterocycles. The van der Waals surface area contributed by atoms with E-state index in [1.165, 1.54) is 10.6 Å². The molecule has 2 aliphatic rings. The molecule has 0 unspecified atom stereocenters. The van der Waals surface area contributed by atoms with Crippen LogP contribution in [-0.4, -0.2) is 31.3 Å². The molecule has 15 heavy (non-hydrogen) atoms. The lowest BCUT2D eigenvalue weighted by Gasteiger charge is -2.25. The largest absolute Gasteiger partial charge is 0.381 e. The molecule has 0 aliphatic carbocycles. The van der Waals surface area contributed by atoms with Gasteiger partial charge in [-0.1, -0.05) is 0 Å². The van der Waals surface area contributed by atoms with Crippen LogP contribution in [0.4, 0.5) is 5.13 Å². The van der Waals surface area contributed by atoms with E-state index in [9.17, 15) is 0 Å². The first-order valence-electron chi connectivity index (χ1n) is 5.43. The maximum absolute atomic E-state index is 5.14. The molecule has 3 rings (SSSR count). The highest BCUT2D eigenvalue weighted by molar-refractivity contribution is 7.15. The Morgan fingerprint density at radius 1 is 1.53 bits per heavy atom. The minimum Gasteiger partial charge on any atom is -0.381 e. The lowest BCUT2D eigenvalue weighted by molar-refractivity contribution is -0.0248. The third-order valence-electron chi connectivity index (χ3n) is 2.85. The van der Waals surface area contributed by atoms with Crippen LogP contribution < -0.4 is 10.6 Å². The molecule has 0 saturated carbocycles. The van der Waals surface area contributed by atoms with E-state index < -0.39 is 0 Å². The van der Waals surface area contributed by atoms with Crippen molar-refractivity contribution in [3.8, 4) is 0 Å². The van der Waals surface area contributed by atoms with Crippen molar-refractivity contribution < 1.29 is 4.74 Å². The molecule has 0 amide bonds. The molecule has 82 valence electrons. The Morgan fingerprint density at radius 3 is 3.20 bits per heavy atom. The molecule has 0 bridgehead atoms. The molecule has 0 atom stereocenters. The number of hydrogen-bond acceptors (Lipinski definition) is 5. The number of aromatic nitrogens is 1. The van der Waals surface area contributed by atoms with Crippen molar-refractivity contribution in [1.82, 2.24) is 10.3 Å². The quantitative estimate of drug-likeness (QED) is 0.800. The Balaban J connectivity index is 1.62. The summed E-state index contributed by atoms with van der Waals surface area (Å²) in [6.45, 7) is 4.85. The van der Waals surface area contributed by atoms with Gasteiger partial charge in [0.15, 0.2) is 5.13 Å². The smallest absolute Gasteiger partial charge is 0.183 e. The minimum absolute atomic E-state index is 0.684. The van der Waals surface area contributed by atoms with E-state index in [4.69, 9.17) is 4.74 Å². The third-order valence-corrected chi connectivity index (χ3v) is 3.91. The Morgan fingerprint density at radius 2 is 2.47 bits per heavy atom. The summed E-state index contributed by atoms with van der Waals surface area (Å²) in [5, 5.41) is 7.85. The maximum atomic E-state index is 5.14. The molecule has 3 heterocycles. The summed E-state index contributed by atoms with van der Waals surface area (Å²) in [6.07, 6.45) is 1.07. The first-order valence-corrected chi connectivity index (χ1v) is 6.24. The lowest BCUT2D eigenvalue weighted by atomic mass is 10.1. The molecule has 4 nitrogen and oxygen atoms in total. The van der Waals surface area contributed by atoms with Crippen LogP contribution in [0.2, 0.25) is 0 Å². The van der Waals surface area contributed by atoms with Crippen molar-refractivity contribution in [3.05, 3.63) is 10.6 Å². The van der Waals surface area contributed by atoms with Gasteiger partial charge in [0, 0.05) is 36.9 Å². The first-order chi connectivity index (χ1) is 7.42. The second-order valence-corrected chi connectivity index (χ2v) is 5.18. The summed E-state index contributed by atoms with van der Waals surface area (Å²) in [7, 11) is 0. The van der Waals surface area contributed by atoms with Gasteiger partial charge in [0.25, 0.3) is 0 Å². The van der Waals surface area contributed by atoms with Crippen LogP contribution in [0.1, 0.15) is 10.6 Å². The highest BCUT2D eigenvalue weighted by Gasteiger charge is 2.19. The predicted molar refractivity (Wildman–Crippen MR) is 60.3 cm³/mol. The molecule has 1 fully saturated rings. The van der Waals surface area contributed by atoms with E-state index in [1.54, 1.807) is 11.3 Å². The second-order valence-electron chi connectivity index (χ2n) is 4.10. The average molecular weight is 225 g/mol. The van der Waals surface area contributed by atoms with E-state index in [0.29, 0.717) is 5.92 Å². The molecular formula is C10H15N3OS. The van der Waals surface area contributed by atoms with E-state index in [0.717, 1.165) is 44.4 Å². The minimum atomic E-state index is 0.684. The Kier molecular flexibility index (Phi) is 2.60. The third kappa shape index (κ3) is 2.00. The van der Waals surface area contributed by atoms with E-state index >= 15 is 0 Å². The summed E-state index contributed by atoms with van der Waals surface area (Å²) < 4.78 is 5.14. The number of nitrogens with one attached hydrogen (secondary N) is 2.